The predicted molar refractivity (Wildman–Crippen MR) is 196 cm³/mol. The predicted octanol–water partition coefficient (Wildman–Crippen LogP) is 8.59. The highest BCUT2D eigenvalue weighted by Gasteiger charge is 2.52. The van der Waals surface area contributed by atoms with Crippen molar-refractivity contribution in [3.8, 4) is 0 Å². The van der Waals surface area contributed by atoms with E-state index in [2.05, 4.69) is 0 Å². The van der Waals surface area contributed by atoms with Crippen LogP contribution in [0.25, 0.3) is 10.9 Å². The lowest BCUT2D eigenvalue weighted by molar-refractivity contribution is -0.657. The summed E-state index contributed by atoms with van der Waals surface area (Å²) < 4.78 is 307. The van der Waals surface area contributed by atoms with Gasteiger partial charge in [0, 0.05) is 45.0 Å². The third-order valence-electron chi connectivity index (χ3n) is 10.3. The summed E-state index contributed by atoms with van der Waals surface area (Å²) in [4.78, 5) is 13.2. The molecule has 0 aliphatic rings. The quantitative estimate of drug-likeness (QED) is 0.0383. The summed E-state index contributed by atoms with van der Waals surface area (Å²) in [6.07, 6.45) is -3.68. The van der Waals surface area contributed by atoms with Crippen molar-refractivity contribution in [1.29, 1.82) is 0 Å². The van der Waals surface area contributed by atoms with Crippen molar-refractivity contribution in [2.24, 2.45) is 0 Å². The fraction of sp³-hybridized carbons (Fsp3) is 0.0476. The van der Waals surface area contributed by atoms with Crippen LogP contribution in [-0.2, 0) is 17.3 Å². The maximum absolute atomic E-state index is 15.4. The van der Waals surface area contributed by atoms with Crippen LogP contribution in [0.4, 0.5) is 87.8 Å². The number of Topliss-reactive ketones (excluding diaryl/α,β-unsaturated/α-hetero) is 1. The molecular weight excluding hydrogens is 973 g/mol. The van der Waals surface area contributed by atoms with E-state index in [9.17, 15) is 61.7 Å². The Labute approximate surface area is 362 Å². The van der Waals surface area contributed by atoms with Gasteiger partial charge in [-0.15, -0.1) is 21.9 Å². The highest BCUT2D eigenvalue weighted by molar-refractivity contribution is 7.84. The van der Waals surface area contributed by atoms with E-state index in [1.54, 1.807) is 30.5 Å². The molecule has 1 unspecified atom stereocenters. The van der Waals surface area contributed by atoms with Gasteiger partial charge in [-0.3, -0.25) is 9.00 Å². The molecule has 0 amide bonds. The maximum atomic E-state index is 15.4. The van der Waals surface area contributed by atoms with Crippen LogP contribution >= 0.6 is 0 Å². The first-order chi connectivity index (χ1) is 31.3. The van der Waals surface area contributed by atoms with Crippen molar-refractivity contribution in [2.75, 3.05) is 6.26 Å². The molecule has 0 aliphatic carbocycles. The minimum atomic E-state index is -7.22. The van der Waals surface area contributed by atoms with E-state index in [1.165, 1.54) is 0 Å². The van der Waals surface area contributed by atoms with Crippen molar-refractivity contribution in [1.82, 2.24) is 0 Å². The molecule has 0 spiro atoms. The first kappa shape index (κ1) is 49.6. The summed E-state index contributed by atoms with van der Waals surface area (Å²) in [5.74, 6) is -71.4. The van der Waals surface area contributed by atoms with Crippen molar-refractivity contribution < 1.29 is 101 Å². The summed E-state index contributed by atoms with van der Waals surface area (Å²) in [5.41, 5.74) is -12.7. The first-order valence-corrected chi connectivity index (χ1v) is 19.5. The average molecular weight is 989 g/mol. The van der Waals surface area contributed by atoms with Crippen LogP contribution < -0.4 is 26.4 Å². The van der Waals surface area contributed by atoms with Gasteiger partial charge in [0.25, 0.3) is 0 Å². The summed E-state index contributed by atoms with van der Waals surface area (Å²) in [6, 6.07) is 18.9. The molecule has 7 aromatic rings. The standard InChI is InChI=1S/C24BF20.C18H16NO2S/c26-5-1(6(27)14(35)21(42)13(5)34)25(2-7(28)15(36)22(43)16(37)8(2)29,3-9(30)17(38)23(44)18(39)10(3)31)4-11(32)19(40)24(45)20(41)12(4)33;1-22(21)16-10-8-15(9-11-16)18(20)13-19-12-4-6-14-5-2-3-7-17(14)19/h;2-12H,13H2,1H3/q-1;+1. The Hall–Kier alpha value is -6.79. The van der Waals surface area contributed by atoms with Gasteiger partial charge in [-0.25, -0.2) is 87.8 Å². The van der Waals surface area contributed by atoms with E-state index >= 15 is 35.1 Å². The van der Waals surface area contributed by atoms with Gasteiger partial charge >= 0.3 is 0 Å². The van der Waals surface area contributed by atoms with Gasteiger partial charge in [-0.1, -0.05) is 12.1 Å². The Bertz CT molecular complexity index is 2840. The minimum absolute atomic E-state index is 0.0368. The lowest BCUT2D eigenvalue weighted by Gasteiger charge is -2.44. The van der Waals surface area contributed by atoms with E-state index in [1.807, 2.05) is 47.2 Å². The molecule has 1 atom stereocenters. The number of benzene rings is 6. The van der Waals surface area contributed by atoms with Gasteiger partial charge in [0.1, 0.15) is 52.7 Å². The smallest absolute Gasteiger partial charge is 0.227 e. The fourth-order valence-electron chi connectivity index (χ4n) is 7.31. The number of rotatable bonds is 8. The van der Waals surface area contributed by atoms with E-state index < -0.39 is 155 Å². The number of carbonyl (C=O) groups is 1. The molecule has 0 radical (unpaired) electrons. The van der Waals surface area contributed by atoms with Crippen LogP contribution in [0.5, 0.6) is 0 Å². The number of hydrogen-bond acceptors (Lipinski definition) is 2. The van der Waals surface area contributed by atoms with Crippen LogP contribution in [0.15, 0.2) is 71.8 Å². The van der Waals surface area contributed by atoms with E-state index in [0.29, 0.717) is 5.56 Å². The van der Waals surface area contributed by atoms with Crippen LogP contribution in [0.2, 0.25) is 0 Å². The Morgan fingerprint density at radius 3 is 1.01 bits per heavy atom. The lowest BCUT2D eigenvalue weighted by atomic mass is 9.12. The SMILES string of the molecule is CS(=O)c1ccc(C(=O)C[n+]2cccc3ccccc32)cc1.Fc1c(F)c(F)c([B-](c2c(F)c(F)c(F)c(F)c2F)(c2c(F)c(F)c(F)c(F)c2F)c2c(F)c(F)c(F)c(F)c2F)c(F)c1F. The number of carbonyl (C=O) groups excluding carboxylic acids is 1. The maximum Gasteiger partial charge on any atom is 0.227 e. The molecule has 0 bridgehead atoms. The fourth-order valence-corrected chi connectivity index (χ4v) is 7.83. The summed E-state index contributed by atoms with van der Waals surface area (Å²) >= 11 is 0. The Balaban J connectivity index is 0.000000279. The molecule has 0 saturated heterocycles. The molecule has 1 heterocycles. The third kappa shape index (κ3) is 7.94. The molecule has 0 saturated carbocycles. The summed E-state index contributed by atoms with van der Waals surface area (Å²) in [7, 11) is -1.02. The Kier molecular flexibility index (Phi) is 13.7. The molecule has 25 heteroatoms. The third-order valence-corrected chi connectivity index (χ3v) is 11.3. The number of pyridine rings is 1. The van der Waals surface area contributed by atoms with Crippen LogP contribution in [0, 0.1) is 116 Å². The Morgan fingerprint density at radius 2 is 0.701 bits per heavy atom. The molecule has 1 aromatic heterocycles. The minimum Gasteiger partial charge on any atom is -0.287 e. The molecule has 6 aromatic carbocycles. The second kappa shape index (κ2) is 18.5. The number of nitrogens with zero attached hydrogens (tertiary/aromatic N) is 1. The zero-order valence-corrected chi connectivity index (χ0v) is 33.2. The monoisotopic (exact) mass is 989 g/mol. The normalized spacial score (nSPS) is 12.1. The number of para-hydroxylation sites is 1. The summed E-state index contributed by atoms with van der Waals surface area (Å²) in [5, 5.41) is 1.11. The van der Waals surface area contributed by atoms with Crippen LogP contribution in [0.3, 0.4) is 0 Å². The second-order valence-corrected chi connectivity index (χ2v) is 15.3. The number of aromatic nitrogens is 1. The van der Waals surface area contributed by atoms with Crippen molar-refractivity contribution in [2.45, 2.75) is 11.4 Å². The van der Waals surface area contributed by atoms with E-state index in [-0.39, 0.29) is 12.3 Å². The largest absolute Gasteiger partial charge is 0.287 e. The zero-order chi connectivity index (χ0) is 49.9. The number of fused-ring (bicyclic) bond motifs is 1. The molecule has 67 heavy (non-hydrogen) atoms. The molecule has 7 rings (SSSR count). The number of ketones is 1. The van der Waals surface area contributed by atoms with Gasteiger partial charge < -0.3 is 0 Å². The number of hydrogen-bond donors (Lipinski definition) is 0. The van der Waals surface area contributed by atoms with E-state index in [0.717, 1.165) is 15.8 Å². The average Bonchev–Trinajstić information content (AvgIpc) is 3.31. The topological polar surface area (TPSA) is 38.0 Å². The molecular formula is C42H16BF20NO2S. The Morgan fingerprint density at radius 1 is 0.418 bits per heavy atom. The van der Waals surface area contributed by atoms with Crippen LogP contribution in [-0.4, -0.2) is 22.4 Å². The first-order valence-electron chi connectivity index (χ1n) is 17.9. The highest BCUT2D eigenvalue weighted by atomic mass is 32.2. The second-order valence-electron chi connectivity index (χ2n) is 13.9. The van der Waals surface area contributed by atoms with Gasteiger partial charge in [-0.05, 0) is 36.4 Å². The zero-order valence-electron chi connectivity index (χ0n) is 32.4. The highest BCUT2D eigenvalue weighted by Crippen LogP contribution is 2.31. The van der Waals surface area contributed by atoms with Gasteiger partial charge in [-0.2, -0.15) is 4.57 Å². The molecule has 3 nitrogen and oxygen atoms in total. The van der Waals surface area contributed by atoms with Crippen molar-refractivity contribution >= 4 is 55.5 Å². The molecule has 350 valence electrons. The van der Waals surface area contributed by atoms with Crippen molar-refractivity contribution in [3.63, 3.8) is 0 Å². The molecule has 0 N–H and O–H groups in total. The van der Waals surface area contributed by atoms with Crippen molar-refractivity contribution in [3.05, 3.63) is 189 Å². The van der Waals surface area contributed by atoms with Gasteiger partial charge in [0.2, 0.25) is 17.8 Å². The molecule has 0 aliphatic heterocycles. The van der Waals surface area contributed by atoms with Gasteiger partial charge in [0.05, 0.1) is 0 Å². The van der Waals surface area contributed by atoms with Gasteiger partial charge in [0.15, 0.2) is 76.0 Å². The van der Waals surface area contributed by atoms with Crippen LogP contribution in [0.1, 0.15) is 10.4 Å². The lowest BCUT2D eigenvalue weighted by Crippen LogP contribution is -2.81. The number of halogens is 20. The summed E-state index contributed by atoms with van der Waals surface area (Å²) in [6.45, 7) is 0.288. The molecule has 0 fully saturated rings. The van der Waals surface area contributed by atoms with E-state index in [4.69, 9.17) is 0 Å².